The van der Waals surface area contributed by atoms with Crippen LogP contribution in [-0.4, -0.2) is 62.0 Å². The van der Waals surface area contributed by atoms with Gasteiger partial charge in [-0.2, -0.15) is 19.8 Å². The number of rotatable bonds is 5. The highest BCUT2D eigenvalue weighted by Gasteiger charge is 2.49. The lowest BCUT2D eigenvalue weighted by Gasteiger charge is -2.47. The number of aromatic amines is 1. The molecule has 0 amide bonds. The van der Waals surface area contributed by atoms with Gasteiger partial charge in [0.15, 0.2) is 5.82 Å². The number of nitrogens with one attached hydrogen (secondary N) is 1. The lowest BCUT2D eigenvalue weighted by Crippen LogP contribution is -2.63. The molecule has 1 fully saturated rings. The molecule has 10 nitrogen and oxygen atoms in total. The Morgan fingerprint density at radius 3 is 2.81 bits per heavy atom. The van der Waals surface area contributed by atoms with Crippen LogP contribution in [0.25, 0.3) is 33.4 Å². The van der Waals surface area contributed by atoms with Gasteiger partial charge < -0.3 is 0 Å². The van der Waals surface area contributed by atoms with Gasteiger partial charge in [-0.15, -0.1) is 0 Å². The van der Waals surface area contributed by atoms with Crippen LogP contribution in [0.1, 0.15) is 6.42 Å². The Hall–Kier alpha value is -3.62. The van der Waals surface area contributed by atoms with Crippen LogP contribution in [0.15, 0.2) is 49.2 Å². The van der Waals surface area contributed by atoms with E-state index in [0.717, 1.165) is 33.8 Å². The van der Waals surface area contributed by atoms with Crippen molar-refractivity contribution < 1.29 is 8.42 Å². The van der Waals surface area contributed by atoms with Crippen molar-refractivity contribution in [1.82, 2.24) is 34.3 Å². The van der Waals surface area contributed by atoms with Crippen LogP contribution in [-0.2, 0) is 15.6 Å². The zero-order valence-electron chi connectivity index (χ0n) is 16.6. The highest BCUT2D eigenvalue weighted by Crippen LogP contribution is 2.35. The molecule has 4 heterocycles. The van der Waals surface area contributed by atoms with Crippen LogP contribution < -0.4 is 0 Å². The summed E-state index contributed by atoms with van der Waals surface area (Å²) in [5, 5.41) is 21.7. The summed E-state index contributed by atoms with van der Waals surface area (Å²) in [6.07, 6.45) is 8.13. The van der Waals surface area contributed by atoms with E-state index in [-0.39, 0.29) is 19.5 Å². The van der Waals surface area contributed by atoms with Gasteiger partial charge in [0.1, 0.15) is 11.9 Å². The van der Waals surface area contributed by atoms with E-state index in [0.29, 0.717) is 5.82 Å². The number of H-pyrrole nitrogens is 1. The van der Waals surface area contributed by atoms with E-state index in [4.69, 9.17) is 0 Å². The number of aromatic nitrogens is 6. The summed E-state index contributed by atoms with van der Waals surface area (Å²) in [5.74, 6) is 0.485. The van der Waals surface area contributed by atoms with Crippen LogP contribution in [0.3, 0.4) is 0 Å². The van der Waals surface area contributed by atoms with Gasteiger partial charge in [-0.3, -0.25) is 10.1 Å². The van der Waals surface area contributed by atoms with Gasteiger partial charge in [-0.1, -0.05) is 6.07 Å². The zero-order valence-corrected chi connectivity index (χ0v) is 17.4. The minimum absolute atomic E-state index is 0.138. The standard InChI is InChI=1S/C20H18N8O2S/c1-31(29,30)27-11-20(12-27,4-5-21)28-13-23-19(26-28)17-7-14(15-9-24-25-10-15)8-18-16(17)3-2-6-22-18/h2-3,6-10,13H,4,11-12H2,1H3,(H,24,25). The second kappa shape index (κ2) is 6.97. The molecule has 1 saturated heterocycles. The van der Waals surface area contributed by atoms with Crippen molar-refractivity contribution in [3.05, 3.63) is 49.2 Å². The number of sulfonamides is 1. The molecule has 5 rings (SSSR count). The molecule has 1 N–H and O–H groups in total. The molecular weight excluding hydrogens is 416 g/mol. The number of hydrogen-bond donors (Lipinski definition) is 1. The Kier molecular flexibility index (Phi) is 4.35. The van der Waals surface area contributed by atoms with Crippen molar-refractivity contribution in [2.24, 2.45) is 0 Å². The van der Waals surface area contributed by atoms with Crippen LogP contribution in [0.5, 0.6) is 0 Å². The highest BCUT2D eigenvalue weighted by molar-refractivity contribution is 7.88. The predicted molar refractivity (Wildman–Crippen MR) is 113 cm³/mol. The molecule has 11 heteroatoms. The largest absolute Gasteiger partial charge is 0.285 e. The second-order valence-corrected chi connectivity index (χ2v) is 9.67. The maximum absolute atomic E-state index is 11.8. The van der Waals surface area contributed by atoms with Gasteiger partial charge >= 0.3 is 0 Å². The Labute approximate surface area is 178 Å². The normalized spacial score (nSPS) is 16.1. The van der Waals surface area contributed by atoms with E-state index >= 15 is 0 Å². The Balaban J connectivity index is 1.59. The van der Waals surface area contributed by atoms with Crippen molar-refractivity contribution in [3.8, 4) is 28.6 Å². The van der Waals surface area contributed by atoms with Crippen LogP contribution in [0.4, 0.5) is 0 Å². The summed E-state index contributed by atoms with van der Waals surface area (Å²) < 4.78 is 26.6. The topological polar surface area (TPSA) is 133 Å². The molecule has 0 saturated carbocycles. The number of nitrogens with zero attached hydrogens (tertiary/aromatic N) is 7. The average molecular weight is 434 g/mol. The first-order valence-corrected chi connectivity index (χ1v) is 11.4. The summed E-state index contributed by atoms with van der Waals surface area (Å²) in [4.78, 5) is 8.98. The van der Waals surface area contributed by atoms with E-state index in [2.05, 4.69) is 31.3 Å². The van der Waals surface area contributed by atoms with Gasteiger partial charge in [-0.25, -0.2) is 18.1 Å². The minimum atomic E-state index is -3.32. The molecule has 0 atom stereocenters. The van der Waals surface area contributed by atoms with Crippen LogP contribution in [0, 0.1) is 11.3 Å². The molecule has 1 aliphatic heterocycles. The number of nitriles is 1. The summed E-state index contributed by atoms with van der Waals surface area (Å²) in [6.45, 7) is 0.388. The molecule has 4 aromatic rings. The third-order valence-electron chi connectivity index (χ3n) is 5.59. The molecule has 1 aliphatic rings. The zero-order chi connectivity index (χ0) is 21.6. The van der Waals surface area contributed by atoms with Crippen molar-refractivity contribution in [1.29, 1.82) is 5.26 Å². The van der Waals surface area contributed by atoms with Crippen LogP contribution >= 0.6 is 0 Å². The van der Waals surface area contributed by atoms with Crippen LogP contribution in [0.2, 0.25) is 0 Å². The fraction of sp³-hybridized carbons (Fsp3) is 0.250. The third kappa shape index (κ3) is 3.26. The summed E-state index contributed by atoms with van der Waals surface area (Å²) in [5.41, 5.74) is 2.71. The highest BCUT2D eigenvalue weighted by atomic mass is 32.2. The number of hydrogen-bond acceptors (Lipinski definition) is 7. The van der Waals surface area contributed by atoms with Gasteiger partial charge in [-0.05, 0) is 23.8 Å². The number of fused-ring (bicyclic) bond motifs is 1. The monoisotopic (exact) mass is 434 g/mol. The lowest BCUT2D eigenvalue weighted by atomic mass is 9.89. The first kappa shape index (κ1) is 19.3. The maximum atomic E-state index is 11.8. The molecule has 31 heavy (non-hydrogen) atoms. The molecule has 0 aliphatic carbocycles. The Bertz CT molecular complexity index is 1410. The molecular formula is C20H18N8O2S. The molecule has 3 aromatic heterocycles. The fourth-order valence-corrected chi connectivity index (χ4v) is 4.84. The van der Waals surface area contributed by atoms with E-state index in [1.54, 1.807) is 29.6 Å². The van der Waals surface area contributed by atoms with Crippen molar-refractivity contribution in [2.75, 3.05) is 19.3 Å². The van der Waals surface area contributed by atoms with E-state index in [1.165, 1.54) is 4.31 Å². The predicted octanol–water partition coefficient (Wildman–Crippen LogP) is 1.77. The lowest BCUT2D eigenvalue weighted by molar-refractivity contribution is 0.0722. The smallest absolute Gasteiger partial charge is 0.211 e. The molecule has 0 spiro atoms. The summed E-state index contributed by atoms with van der Waals surface area (Å²) in [6, 6.07) is 9.93. The van der Waals surface area contributed by atoms with Crippen molar-refractivity contribution in [2.45, 2.75) is 12.0 Å². The average Bonchev–Trinajstić information content (AvgIpc) is 3.41. The fourth-order valence-electron chi connectivity index (χ4n) is 3.89. The van der Waals surface area contributed by atoms with Gasteiger partial charge in [0.05, 0.1) is 30.5 Å². The van der Waals surface area contributed by atoms with Crippen molar-refractivity contribution >= 4 is 20.9 Å². The first-order valence-electron chi connectivity index (χ1n) is 9.52. The molecule has 0 radical (unpaired) electrons. The third-order valence-corrected chi connectivity index (χ3v) is 6.79. The molecule has 156 valence electrons. The van der Waals surface area contributed by atoms with E-state index in [1.807, 2.05) is 24.3 Å². The minimum Gasteiger partial charge on any atom is -0.285 e. The van der Waals surface area contributed by atoms with Gasteiger partial charge in [0.2, 0.25) is 10.0 Å². The van der Waals surface area contributed by atoms with Gasteiger partial charge in [0, 0.05) is 42.0 Å². The summed E-state index contributed by atoms with van der Waals surface area (Å²) in [7, 11) is -3.32. The Morgan fingerprint density at radius 2 is 2.10 bits per heavy atom. The number of pyridine rings is 1. The second-order valence-electron chi connectivity index (χ2n) is 7.68. The van der Waals surface area contributed by atoms with E-state index < -0.39 is 15.6 Å². The maximum Gasteiger partial charge on any atom is 0.211 e. The molecule has 0 unspecified atom stereocenters. The molecule has 1 aromatic carbocycles. The first-order chi connectivity index (χ1) is 14.9. The SMILES string of the molecule is CS(=O)(=O)N1CC(CC#N)(n2cnc(-c3cc(-c4cn[nH]c4)cc4ncccc34)n2)C1. The Morgan fingerprint density at radius 1 is 1.26 bits per heavy atom. The molecule has 0 bridgehead atoms. The quantitative estimate of drug-likeness (QED) is 0.506. The van der Waals surface area contributed by atoms with Gasteiger partial charge in [0.25, 0.3) is 0 Å². The van der Waals surface area contributed by atoms with E-state index in [9.17, 15) is 13.7 Å². The number of benzene rings is 1. The van der Waals surface area contributed by atoms with Crippen molar-refractivity contribution in [3.63, 3.8) is 0 Å². The summed E-state index contributed by atoms with van der Waals surface area (Å²) >= 11 is 0.